The van der Waals surface area contributed by atoms with Gasteiger partial charge in [-0.1, -0.05) is 23.7 Å². The third-order valence-corrected chi connectivity index (χ3v) is 5.27. The van der Waals surface area contributed by atoms with Crippen LogP contribution in [0.3, 0.4) is 0 Å². The number of sulfonamides is 1. The third-order valence-electron chi connectivity index (χ3n) is 2.55. The van der Waals surface area contributed by atoms with Gasteiger partial charge in [-0.05, 0) is 24.6 Å². The van der Waals surface area contributed by atoms with Gasteiger partial charge >= 0.3 is 0 Å². The van der Waals surface area contributed by atoms with Gasteiger partial charge in [0, 0.05) is 10.3 Å². The van der Waals surface area contributed by atoms with E-state index in [-0.39, 0.29) is 11.5 Å². The number of aliphatic hydroxyl groups excluding tert-OH is 1. The van der Waals surface area contributed by atoms with Gasteiger partial charge in [0.2, 0.25) is 0 Å². The van der Waals surface area contributed by atoms with Crippen molar-refractivity contribution in [2.24, 2.45) is 0 Å². The van der Waals surface area contributed by atoms with Crippen molar-refractivity contribution in [3.8, 4) is 0 Å². The molecule has 0 radical (unpaired) electrons. The minimum absolute atomic E-state index is 0.126. The molecule has 102 valence electrons. The number of aliphatic hydroxyl groups is 1. The van der Waals surface area contributed by atoms with Gasteiger partial charge in [-0.2, -0.15) is 0 Å². The van der Waals surface area contributed by atoms with Crippen LogP contribution in [0.2, 0.25) is 5.02 Å². The van der Waals surface area contributed by atoms with Gasteiger partial charge in [0.15, 0.2) is 0 Å². The lowest BCUT2D eigenvalue weighted by Gasteiger charge is -2.11. The van der Waals surface area contributed by atoms with Gasteiger partial charge in [-0.15, -0.1) is 11.3 Å². The predicted molar refractivity (Wildman–Crippen MR) is 77.2 cm³/mol. The summed E-state index contributed by atoms with van der Waals surface area (Å²) in [5.74, 6) is 0. The molecule has 0 amide bonds. The van der Waals surface area contributed by atoms with Crippen LogP contribution in [-0.4, -0.2) is 13.5 Å². The maximum atomic E-state index is 12.2. The molecule has 0 aliphatic carbocycles. The summed E-state index contributed by atoms with van der Waals surface area (Å²) >= 11 is 7.18. The molecule has 0 aliphatic rings. The zero-order chi connectivity index (χ0) is 14.0. The van der Waals surface area contributed by atoms with E-state index < -0.39 is 10.0 Å². The number of benzene rings is 1. The molecular weight excluding hydrogens is 306 g/mol. The lowest BCUT2D eigenvalue weighted by Crippen LogP contribution is -2.13. The van der Waals surface area contributed by atoms with Crippen molar-refractivity contribution in [3.05, 3.63) is 45.1 Å². The molecule has 0 spiro atoms. The lowest BCUT2D eigenvalue weighted by atomic mass is 10.2. The molecule has 0 saturated heterocycles. The SMILES string of the molecule is Cc1cccc(Cl)c1NS(=O)(=O)c1csc(CO)c1. The van der Waals surface area contributed by atoms with E-state index in [1.54, 1.807) is 25.1 Å². The molecule has 0 bridgehead atoms. The number of para-hydroxylation sites is 1. The molecule has 2 aromatic rings. The van der Waals surface area contributed by atoms with Crippen molar-refractivity contribution in [2.75, 3.05) is 4.72 Å². The Morgan fingerprint density at radius 3 is 2.74 bits per heavy atom. The molecule has 4 nitrogen and oxygen atoms in total. The number of rotatable bonds is 4. The fourth-order valence-corrected chi connectivity index (χ4v) is 4.15. The summed E-state index contributed by atoms with van der Waals surface area (Å²) in [5.41, 5.74) is 1.12. The first-order valence-electron chi connectivity index (χ1n) is 5.40. The molecule has 0 unspecified atom stereocenters. The van der Waals surface area contributed by atoms with Crippen LogP contribution in [0.25, 0.3) is 0 Å². The number of nitrogens with one attached hydrogen (secondary N) is 1. The Labute approximate surface area is 120 Å². The maximum absolute atomic E-state index is 12.2. The Hall–Kier alpha value is -1.08. The Morgan fingerprint density at radius 1 is 1.42 bits per heavy atom. The second-order valence-electron chi connectivity index (χ2n) is 3.94. The van der Waals surface area contributed by atoms with Gasteiger partial charge < -0.3 is 5.11 Å². The number of thiophene rings is 1. The molecule has 0 fully saturated rings. The number of aryl methyl sites for hydroxylation is 1. The fourth-order valence-electron chi connectivity index (χ4n) is 1.54. The highest BCUT2D eigenvalue weighted by atomic mass is 35.5. The average Bonchev–Trinajstić information content (AvgIpc) is 2.83. The maximum Gasteiger partial charge on any atom is 0.262 e. The van der Waals surface area contributed by atoms with E-state index >= 15 is 0 Å². The summed E-state index contributed by atoms with van der Waals surface area (Å²) in [6.07, 6.45) is 0. The van der Waals surface area contributed by atoms with Crippen LogP contribution in [0, 0.1) is 6.92 Å². The highest BCUT2D eigenvalue weighted by Gasteiger charge is 2.18. The van der Waals surface area contributed by atoms with Crippen molar-refractivity contribution in [3.63, 3.8) is 0 Å². The molecule has 7 heteroatoms. The molecule has 0 aliphatic heterocycles. The van der Waals surface area contributed by atoms with E-state index in [0.29, 0.717) is 15.6 Å². The van der Waals surface area contributed by atoms with Crippen LogP contribution in [-0.2, 0) is 16.6 Å². The standard InChI is InChI=1S/C12H12ClNO3S2/c1-8-3-2-4-11(13)12(8)14-19(16,17)10-5-9(6-15)18-7-10/h2-5,7,14-15H,6H2,1H3. The Morgan fingerprint density at radius 2 is 2.16 bits per heavy atom. The first-order valence-corrected chi connectivity index (χ1v) is 8.14. The van der Waals surface area contributed by atoms with Crippen molar-refractivity contribution in [2.45, 2.75) is 18.4 Å². The van der Waals surface area contributed by atoms with Crippen LogP contribution in [0.5, 0.6) is 0 Å². The van der Waals surface area contributed by atoms with Crippen molar-refractivity contribution in [1.82, 2.24) is 0 Å². The Bertz CT molecular complexity index is 675. The molecular formula is C12H12ClNO3S2. The van der Waals surface area contributed by atoms with Gasteiger partial charge in [0.25, 0.3) is 10.0 Å². The summed E-state index contributed by atoms with van der Waals surface area (Å²) in [7, 11) is -3.68. The van der Waals surface area contributed by atoms with Crippen LogP contribution < -0.4 is 4.72 Å². The summed E-state index contributed by atoms with van der Waals surface area (Å²) in [6, 6.07) is 6.60. The first kappa shape index (κ1) is 14.3. The number of halogens is 1. The number of hydrogen-bond donors (Lipinski definition) is 2. The van der Waals surface area contributed by atoms with E-state index in [2.05, 4.69) is 4.72 Å². The van der Waals surface area contributed by atoms with Gasteiger partial charge in [0.1, 0.15) is 0 Å². The Balaban J connectivity index is 2.36. The smallest absolute Gasteiger partial charge is 0.262 e. The molecule has 0 saturated carbocycles. The van der Waals surface area contributed by atoms with E-state index in [0.717, 1.165) is 5.56 Å². The largest absolute Gasteiger partial charge is 0.391 e. The first-order chi connectivity index (χ1) is 8.94. The average molecular weight is 318 g/mol. The molecule has 0 atom stereocenters. The zero-order valence-electron chi connectivity index (χ0n) is 10.1. The number of hydrogen-bond acceptors (Lipinski definition) is 4. The number of anilines is 1. The Kier molecular flexibility index (Phi) is 4.15. The van der Waals surface area contributed by atoms with Crippen molar-refractivity contribution < 1.29 is 13.5 Å². The lowest BCUT2D eigenvalue weighted by molar-refractivity contribution is 0.285. The minimum Gasteiger partial charge on any atom is -0.391 e. The second-order valence-corrected chi connectivity index (χ2v) is 7.03. The predicted octanol–water partition coefficient (Wildman–Crippen LogP) is 3.00. The van der Waals surface area contributed by atoms with Gasteiger partial charge in [-0.3, -0.25) is 4.72 Å². The topological polar surface area (TPSA) is 66.4 Å². The molecule has 1 aromatic heterocycles. The summed E-state index contributed by atoms with van der Waals surface area (Å²) in [5, 5.41) is 10.8. The van der Waals surface area contributed by atoms with E-state index in [1.807, 2.05) is 0 Å². The molecule has 1 aromatic carbocycles. The highest BCUT2D eigenvalue weighted by Crippen LogP contribution is 2.29. The summed E-state index contributed by atoms with van der Waals surface area (Å²) in [6.45, 7) is 1.60. The van der Waals surface area contributed by atoms with Crippen LogP contribution in [0.4, 0.5) is 5.69 Å². The normalized spacial score (nSPS) is 11.5. The quantitative estimate of drug-likeness (QED) is 0.911. The minimum atomic E-state index is -3.68. The van der Waals surface area contributed by atoms with Gasteiger partial charge in [-0.25, -0.2) is 8.42 Å². The monoisotopic (exact) mass is 317 g/mol. The van der Waals surface area contributed by atoms with E-state index in [9.17, 15) is 8.42 Å². The van der Waals surface area contributed by atoms with Crippen LogP contribution >= 0.6 is 22.9 Å². The third kappa shape index (κ3) is 3.09. The molecule has 1 heterocycles. The van der Waals surface area contributed by atoms with Crippen molar-refractivity contribution in [1.29, 1.82) is 0 Å². The second kappa shape index (κ2) is 5.50. The van der Waals surface area contributed by atoms with E-state index in [1.165, 1.54) is 22.8 Å². The van der Waals surface area contributed by atoms with E-state index in [4.69, 9.17) is 16.7 Å². The van der Waals surface area contributed by atoms with Gasteiger partial charge in [0.05, 0.1) is 22.2 Å². The van der Waals surface area contributed by atoms with Crippen LogP contribution in [0.1, 0.15) is 10.4 Å². The fraction of sp³-hybridized carbons (Fsp3) is 0.167. The van der Waals surface area contributed by atoms with Crippen LogP contribution in [0.15, 0.2) is 34.5 Å². The summed E-state index contributed by atoms with van der Waals surface area (Å²) < 4.78 is 26.9. The zero-order valence-corrected chi connectivity index (χ0v) is 12.4. The highest BCUT2D eigenvalue weighted by molar-refractivity contribution is 7.92. The molecule has 19 heavy (non-hydrogen) atoms. The van der Waals surface area contributed by atoms with Crippen molar-refractivity contribution >= 4 is 38.6 Å². The summed E-state index contributed by atoms with van der Waals surface area (Å²) in [4.78, 5) is 0.720. The molecule has 2 rings (SSSR count). The molecule has 2 N–H and O–H groups in total.